The Hall–Kier alpha value is -1.79. The van der Waals surface area contributed by atoms with Crippen molar-refractivity contribution in [3.05, 3.63) is 35.9 Å². The Bertz CT molecular complexity index is 536. The molecule has 2 N–H and O–H groups in total. The van der Waals surface area contributed by atoms with Gasteiger partial charge in [-0.3, -0.25) is 0 Å². The van der Waals surface area contributed by atoms with Crippen LogP contribution in [0.5, 0.6) is 0 Å². The van der Waals surface area contributed by atoms with E-state index >= 15 is 0 Å². The third kappa shape index (κ3) is 3.40. The fraction of sp³-hybridized carbons (Fsp3) is 0.429. The Kier molecular flexibility index (Phi) is 4.81. The molecule has 0 amide bonds. The molecule has 108 valence electrons. The van der Waals surface area contributed by atoms with E-state index in [0.717, 1.165) is 13.1 Å². The van der Waals surface area contributed by atoms with Gasteiger partial charge in [0.2, 0.25) is 0 Å². The minimum Gasteiger partial charge on any atom is -0.334 e. The first-order chi connectivity index (χ1) is 9.63. The Morgan fingerprint density at radius 1 is 1.25 bits per heavy atom. The van der Waals surface area contributed by atoms with Gasteiger partial charge in [0.1, 0.15) is 5.82 Å². The highest BCUT2D eigenvalue weighted by Crippen LogP contribution is 2.19. The number of nitrogens with zero attached hydrogens (tertiary/aromatic N) is 3. The van der Waals surface area contributed by atoms with Crippen LogP contribution >= 0.6 is 0 Å². The summed E-state index contributed by atoms with van der Waals surface area (Å²) in [6.45, 7) is 6.68. The van der Waals surface area contributed by atoms with Crippen LogP contribution in [0.15, 0.2) is 28.8 Å². The van der Waals surface area contributed by atoms with Crippen molar-refractivity contribution in [1.82, 2.24) is 15.0 Å². The number of aromatic nitrogens is 2. The maximum absolute atomic E-state index is 12.9. The van der Waals surface area contributed by atoms with Gasteiger partial charge in [-0.2, -0.15) is 4.98 Å². The summed E-state index contributed by atoms with van der Waals surface area (Å²) >= 11 is 0. The zero-order chi connectivity index (χ0) is 14.5. The molecule has 0 fully saturated rings. The summed E-state index contributed by atoms with van der Waals surface area (Å²) < 4.78 is 18.0. The number of rotatable bonds is 6. The summed E-state index contributed by atoms with van der Waals surface area (Å²) in [5, 5.41) is 3.91. The summed E-state index contributed by atoms with van der Waals surface area (Å²) in [5.41, 5.74) is 6.76. The highest BCUT2D eigenvalue weighted by molar-refractivity contribution is 5.52. The van der Waals surface area contributed by atoms with E-state index in [2.05, 4.69) is 28.9 Å². The van der Waals surface area contributed by atoms with Crippen LogP contribution in [0.4, 0.5) is 4.39 Å². The van der Waals surface area contributed by atoms with Crippen molar-refractivity contribution in [2.75, 3.05) is 19.6 Å². The van der Waals surface area contributed by atoms with Gasteiger partial charge in [0.15, 0.2) is 5.82 Å². The molecular weight excluding hydrogens is 259 g/mol. The zero-order valence-corrected chi connectivity index (χ0v) is 11.7. The van der Waals surface area contributed by atoms with Crippen LogP contribution in [0.1, 0.15) is 25.7 Å². The molecule has 1 aromatic carbocycles. The second-order valence-corrected chi connectivity index (χ2v) is 4.56. The van der Waals surface area contributed by atoms with Gasteiger partial charge in [-0.25, -0.2) is 4.39 Å². The first kappa shape index (κ1) is 14.6. The topological polar surface area (TPSA) is 68.2 Å². The van der Waals surface area contributed by atoms with Crippen molar-refractivity contribution in [1.29, 1.82) is 0 Å². The van der Waals surface area contributed by atoms with Gasteiger partial charge in [-0.15, -0.1) is 0 Å². The molecule has 1 aromatic heterocycles. The fourth-order valence-electron chi connectivity index (χ4n) is 1.94. The summed E-state index contributed by atoms with van der Waals surface area (Å²) in [7, 11) is 0. The molecule has 0 saturated carbocycles. The van der Waals surface area contributed by atoms with Crippen LogP contribution < -0.4 is 5.73 Å². The van der Waals surface area contributed by atoms with Crippen LogP contribution in [-0.4, -0.2) is 34.7 Å². The largest absolute Gasteiger partial charge is 0.334 e. The van der Waals surface area contributed by atoms with Crippen molar-refractivity contribution in [2.24, 2.45) is 5.73 Å². The predicted molar refractivity (Wildman–Crippen MR) is 74.4 cm³/mol. The maximum atomic E-state index is 12.9. The summed E-state index contributed by atoms with van der Waals surface area (Å²) in [6, 6.07) is 5.61. The van der Waals surface area contributed by atoms with E-state index in [1.807, 2.05) is 0 Å². The molecule has 5 nitrogen and oxygen atoms in total. The average Bonchev–Trinajstić information content (AvgIpc) is 2.95. The van der Waals surface area contributed by atoms with Crippen LogP contribution in [-0.2, 0) is 0 Å². The molecule has 0 aliphatic rings. The minimum absolute atomic E-state index is 0.298. The lowest BCUT2D eigenvalue weighted by atomic mass is 10.2. The molecular formula is C14H19FN4O. The molecule has 1 atom stereocenters. The van der Waals surface area contributed by atoms with Crippen LogP contribution in [0.3, 0.4) is 0 Å². The predicted octanol–water partition coefficient (Wildman–Crippen LogP) is 2.22. The van der Waals surface area contributed by atoms with Crippen molar-refractivity contribution in [3.63, 3.8) is 0 Å². The van der Waals surface area contributed by atoms with Crippen LogP contribution in [0.2, 0.25) is 0 Å². The van der Waals surface area contributed by atoms with Gasteiger partial charge in [0, 0.05) is 12.1 Å². The van der Waals surface area contributed by atoms with Gasteiger partial charge in [0.05, 0.1) is 6.04 Å². The quantitative estimate of drug-likeness (QED) is 0.877. The molecule has 0 aliphatic carbocycles. The lowest BCUT2D eigenvalue weighted by Crippen LogP contribution is -2.32. The Morgan fingerprint density at radius 2 is 1.90 bits per heavy atom. The second-order valence-electron chi connectivity index (χ2n) is 4.56. The highest BCUT2D eigenvalue weighted by atomic mass is 19.1. The third-order valence-corrected chi connectivity index (χ3v) is 3.21. The van der Waals surface area contributed by atoms with E-state index < -0.39 is 0 Å². The molecule has 0 radical (unpaired) electrons. The summed E-state index contributed by atoms with van der Waals surface area (Å²) in [5.74, 6) is 0.526. The third-order valence-electron chi connectivity index (χ3n) is 3.21. The molecule has 0 spiro atoms. The monoisotopic (exact) mass is 278 g/mol. The van der Waals surface area contributed by atoms with Crippen molar-refractivity contribution in [2.45, 2.75) is 19.9 Å². The number of hydrogen-bond donors (Lipinski definition) is 1. The van der Waals surface area contributed by atoms with E-state index in [1.54, 1.807) is 12.1 Å². The number of nitrogens with two attached hydrogens (primary N) is 1. The van der Waals surface area contributed by atoms with Gasteiger partial charge in [-0.05, 0) is 37.4 Å². The van der Waals surface area contributed by atoms with Crippen LogP contribution in [0.25, 0.3) is 11.5 Å². The van der Waals surface area contributed by atoms with Gasteiger partial charge < -0.3 is 15.2 Å². The van der Waals surface area contributed by atoms with Gasteiger partial charge in [-0.1, -0.05) is 19.0 Å². The maximum Gasteiger partial charge on any atom is 0.257 e. The molecule has 0 saturated heterocycles. The molecule has 0 bridgehead atoms. The normalized spacial score (nSPS) is 12.8. The SMILES string of the molecule is CCN(CC)CC(N)c1noc(-c2ccc(F)cc2)n1. The second kappa shape index (κ2) is 6.58. The molecule has 1 unspecified atom stereocenters. The minimum atomic E-state index is -0.299. The van der Waals surface area contributed by atoms with E-state index in [-0.39, 0.29) is 11.9 Å². The Morgan fingerprint density at radius 3 is 2.50 bits per heavy atom. The summed E-state index contributed by atoms with van der Waals surface area (Å²) in [4.78, 5) is 6.47. The zero-order valence-electron chi connectivity index (χ0n) is 11.7. The molecule has 6 heteroatoms. The van der Waals surface area contributed by atoms with Crippen LogP contribution in [0, 0.1) is 5.82 Å². The lowest BCUT2D eigenvalue weighted by Gasteiger charge is -2.20. The molecule has 20 heavy (non-hydrogen) atoms. The first-order valence-electron chi connectivity index (χ1n) is 6.71. The molecule has 0 aliphatic heterocycles. The Balaban J connectivity index is 2.10. The number of halogens is 1. The van der Waals surface area contributed by atoms with E-state index in [1.165, 1.54) is 12.1 Å². The first-order valence-corrected chi connectivity index (χ1v) is 6.71. The van der Waals surface area contributed by atoms with E-state index in [4.69, 9.17) is 10.3 Å². The fourth-order valence-corrected chi connectivity index (χ4v) is 1.94. The standard InChI is InChI=1S/C14H19FN4O/c1-3-19(4-2)9-12(16)13-17-14(20-18-13)10-5-7-11(15)8-6-10/h5-8,12H,3-4,9,16H2,1-2H3. The summed E-state index contributed by atoms with van der Waals surface area (Å²) in [6.07, 6.45) is 0. The molecule has 2 rings (SSSR count). The molecule has 1 heterocycles. The van der Waals surface area contributed by atoms with E-state index in [9.17, 15) is 4.39 Å². The average molecular weight is 278 g/mol. The van der Waals surface area contributed by atoms with Crippen molar-refractivity contribution >= 4 is 0 Å². The van der Waals surface area contributed by atoms with Crippen molar-refractivity contribution in [3.8, 4) is 11.5 Å². The van der Waals surface area contributed by atoms with E-state index in [0.29, 0.717) is 23.8 Å². The smallest absolute Gasteiger partial charge is 0.257 e. The van der Waals surface area contributed by atoms with Crippen molar-refractivity contribution < 1.29 is 8.91 Å². The molecule has 2 aromatic rings. The number of benzene rings is 1. The van der Waals surface area contributed by atoms with Gasteiger partial charge in [0.25, 0.3) is 5.89 Å². The number of likely N-dealkylation sites (N-methyl/N-ethyl adjacent to an activating group) is 1. The lowest BCUT2D eigenvalue weighted by molar-refractivity contribution is 0.278. The highest BCUT2D eigenvalue weighted by Gasteiger charge is 2.17. The van der Waals surface area contributed by atoms with Gasteiger partial charge >= 0.3 is 0 Å². The number of hydrogen-bond acceptors (Lipinski definition) is 5. The Labute approximate surface area is 117 Å².